The number of carboxylic acid groups (broad SMARTS) is 1. The Hall–Kier alpha value is -5.17. The van der Waals surface area contributed by atoms with Gasteiger partial charge in [-0.25, -0.2) is 14.5 Å². The predicted molar refractivity (Wildman–Crippen MR) is 152 cm³/mol. The van der Waals surface area contributed by atoms with Crippen LogP contribution in [0.25, 0.3) is 50.6 Å². The standard InChI is InChI=1S/C32H25N5O2/c1-20(2)21-6-8-22(9-7-21)23-10-12-24(13-11-23)30-35-31(25-14-15-28-29(19-25)34-17-16-33-28)37(36-30)27-5-3-4-26(18-27)32(38)39/h3-20H,1-2H3,(H,38,39). The maximum Gasteiger partial charge on any atom is 0.335 e. The SMILES string of the molecule is CC(C)c1ccc(-c2ccc(-c3nc(-c4ccc5nccnc5c4)n(-c4cccc(C(=O)O)c4)n3)cc2)cc1. The van der Waals surface area contributed by atoms with Gasteiger partial charge >= 0.3 is 5.97 Å². The highest BCUT2D eigenvalue weighted by Crippen LogP contribution is 2.29. The number of aromatic carboxylic acids is 1. The molecular weight excluding hydrogens is 486 g/mol. The molecule has 2 aromatic heterocycles. The summed E-state index contributed by atoms with van der Waals surface area (Å²) >= 11 is 0. The zero-order chi connectivity index (χ0) is 26.9. The van der Waals surface area contributed by atoms with Crippen LogP contribution in [0.2, 0.25) is 0 Å². The lowest BCUT2D eigenvalue weighted by Crippen LogP contribution is -2.03. The molecule has 0 atom stereocenters. The summed E-state index contributed by atoms with van der Waals surface area (Å²) in [5.74, 6) is 0.597. The molecule has 4 aromatic carbocycles. The van der Waals surface area contributed by atoms with Crippen molar-refractivity contribution in [3.8, 4) is 39.6 Å². The molecule has 2 heterocycles. The lowest BCUT2D eigenvalue weighted by Gasteiger charge is -2.07. The van der Waals surface area contributed by atoms with E-state index in [9.17, 15) is 9.90 Å². The summed E-state index contributed by atoms with van der Waals surface area (Å²) in [6.07, 6.45) is 3.30. The Labute approximate surface area is 225 Å². The monoisotopic (exact) mass is 511 g/mol. The van der Waals surface area contributed by atoms with Crippen LogP contribution in [0.15, 0.2) is 103 Å². The molecule has 6 aromatic rings. The van der Waals surface area contributed by atoms with Crippen LogP contribution in [0.4, 0.5) is 0 Å². The zero-order valence-electron chi connectivity index (χ0n) is 21.5. The van der Waals surface area contributed by atoms with E-state index >= 15 is 0 Å². The van der Waals surface area contributed by atoms with Crippen LogP contribution in [0.3, 0.4) is 0 Å². The lowest BCUT2D eigenvalue weighted by molar-refractivity contribution is 0.0697. The number of fused-ring (bicyclic) bond motifs is 1. The fourth-order valence-electron chi connectivity index (χ4n) is 4.55. The number of nitrogens with zero attached hydrogens (tertiary/aromatic N) is 5. The molecule has 0 saturated carbocycles. The molecule has 0 amide bonds. The highest BCUT2D eigenvalue weighted by molar-refractivity contribution is 5.88. The third-order valence-corrected chi connectivity index (χ3v) is 6.73. The Morgan fingerprint density at radius 1 is 0.744 bits per heavy atom. The number of aromatic nitrogens is 5. The molecule has 0 fully saturated rings. The summed E-state index contributed by atoms with van der Waals surface area (Å²) in [4.78, 5) is 25.3. The molecule has 39 heavy (non-hydrogen) atoms. The first-order chi connectivity index (χ1) is 19.0. The van der Waals surface area contributed by atoms with E-state index in [1.807, 2.05) is 36.4 Å². The second kappa shape index (κ2) is 9.95. The third kappa shape index (κ3) is 4.78. The van der Waals surface area contributed by atoms with Gasteiger partial charge in [-0.05, 0) is 59.0 Å². The van der Waals surface area contributed by atoms with Crippen LogP contribution >= 0.6 is 0 Å². The van der Waals surface area contributed by atoms with Gasteiger partial charge in [-0.3, -0.25) is 9.97 Å². The van der Waals surface area contributed by atoms with Crippen molar-refractivity contribution in [3.63, 3.8) is 0 Å². The molecule has 0 aliphatic heterocycles. The molecule has 0 unspecified atom stereocenters. The van der Waals surface area contributed by atoms with Crippen molar-refractivity contribution in [1.29, 1.82) is 0 Å². The third-order valence-electron chi connectivity index (χ3n) is 6.73. The van der Waals surface area contributed by atoms with E-state index in [1.54, 1.807) is 35.3 Å². The summed E-state index contributed by atoms with van der Waals surface area (Å²) in [5.41, 5.74) is 7.50. The molecule has 190 valence electrons. The number of carboxylic acids is 1. The normalized spacial score (nSPS) is 11.3. The van der Waals surface area contributed by atoms with E-state index in [0.29, 0.717) is 23.3 Å². The first-order valence-electron chi connectivity index (χ1n) is 12.7. The second-order valence-corrected chi connectivity index (χ2v) is 9.64. The minimum absolute atomic E-state index is 0.174. The van der Waals surface area contributed by atoms with Gasteiger partial charge in [0.2, 0.25) is 0 Å². The number of benzene rings is 4. The van der Waals surface area contributed by atoms with E-state index in [4.69, 9.17) is 10.1 Å². The van der Waals surface area contributed by atoms with Crippen molar-refractivity contribution < 1.29 is 9.90 Å². The zero-order valence-corrected chi connectivity index (χ0v) is 21.5. The quantitative estimate of drug-likeness (QED) is 0.258. The maximum atomic E-state index is 11.7. The van der Waals surface area contributed by atoms with E-state index < -0.39 is 5.97 Å². The lowest BCUT2D eigenvalue weighted by atomic mass is 9.98. The number of carbonyl (C=O) groups is 1. The Balaban J connectivity index is 1.43. The molecule has 1 N–H and O–H groups in total. The van der Waals surface area contributed by atoms with Gasteiger partial charge in [0.15, 0.2) is 11.6 Å². The summed E-state index contributed by atoms with van der Waals surface area (Å²) in [6, 6.07) is 29.2. The molecular formula is C32H25N5O2. The average Bonchev–Trinajstić information content (AvgIpc) is 3.43. The molecule has 7 nitrogen and oxygen atoms in total. The molecule has 0 aliphatic carbocycles. The van der Waals surface area contributed by atoms with Gasteiger partial charge in [-0.1, -0.05) is 68.4 Å². The van der Waals surface area contributed by atoms with Gasteiger partial charge in [-0.15, -0.1) is 5.10 Å². The molecule has 0 bridgehead atoms. The van der Waals surface area contributed by atoms with Crippen LogP contribution in [0.1, 0.15) is 35.7 Å². The van der Waals surface area contributed by atoms with E-state index in [0.717, 1.165) is 33.3 Å². The van der Waals surface area contributed by atoms with Crippen molar-refractivity contribution in [2.24, 2.45) is 0 Å². The van der Waals surface area contributed by atoms with Gasteiger partial charge in [0, 0.05) is 23.5 Å². The molecule has 0 radical (unpaired) electrons. The Morgan fingerprint density at radius 2 is 1.38 bits per heavy atom. The minimum atomic E-state index is -1.00. The van der Waals surface area contributed by atoms with Crippen LogP contribution in [0.5, 0.6) is 0 Å². The summed E-state index contributed by atoms with van der Waals surface area (Å²) < 4.78 is 1.68. The number of rotatable bonds is 6. The fourth-order valence-corrected chi connectivity index (χ4v) is 4.55. The van der Waals surface area contributed by atoms with E-state index in [-0.39, 0.29) is 5.56 Å². The predicted octanol–water partition coefficient (Wildman–Crippen LogP) is 7.03. The smallest absolute Gasteiger partial charge is 0.335 e. The molecule has 6 rings (SSSR count). The van der Waals surface area contributed by atoms with Gasteiger partial charge < -0.3 is 5.11 Å². The number of hydrogen-bond donors (Lipinski definition) is 1. The summed E-state index contributed by atoms with van der Waals surface area (Å²) in [7, 11) is 0. The van der Waals surface area contributed by atoms with E-state index in [1.165, 1.54) is 5.56 Å². The largest absolute Gasteiger partial charge is 0.478 e. The average molecular weight is 512 g/mol. The van der Waals surface area contributed by atoms with Crippen molar-refractivity contribution in [3.05, 3.63) is 115 Å². The highest BCUT2D eigenvalue weighted by Gasteiger charge is 2.17. The van der Waals surface area contributed by atoms with Gasteiger partial charge in [0.1, 0.15) is 0 Å². The summed E-state index contributed by atoms with van der Waals surface area (Å²) in [6.45, 7) is 4.38. The first kappa shape index (κ1) is 24.2. The molecule has 7 heteroatoms. The Bertz CT molecular complexity index is 1810. The van der Waals surface area contributed by atoms with Crippen molar-refractivity contribution in [2.45, 2.75) is 19.8 Å². The van der Waals surface area contributed by atoms with Crippen molar-refractivity contribution in [2.75, 3.05) is 0 Å². The first-order valence-corrected chi connectivity index (χ1v) is 12.7. The molecule has 0 spiro atoms. The van der Waals surface area contributed by atoms with Crippen molar-refractivity contribution in [1.82, 2.24) is 24.7 Å². The highest BCUT2D eigenvalue weighted by atomic mass is 16.4. The van der Waals surface area contributed by atoms with Gasteiger partial charge in [0.05, 0.1) is 22.3 Å². The fraction of sp³-hybridized carbons (Fsp3) is 0.0938. The maximum absolute atomic E-state index is 11.7. The summed E-state index contributed by atoms with van der Waals surface area (Å²) in [5, 5.41) is 14.4. The van der Waals surface area contributed by atoms with Crippen LogP contribution < -0.4 is 0 Å². The molecule has 0 aliphatic rings. The molecule has 0 saturated heterocycles. The van der Waals surface area contributed by atoms with Gasteiger partial charge in [-0.2, -0.15) is 0 Å². The van der Waals surface area contributed by atoms with Gasteiger partial charge in [0.25, 0.3) is 0 Å². The van der Waals surface area contributed by atoms with Crippen LogP contribution in [0, 0.1) is 0 Å². The Morgan fingerprint density at radius 3 is 2.08 bits per heavy atom. The second-order valence-electron chi connectivity index (χ2n) is 9.64. The van der Waals surface area contributed by atoms with E-state index in [2.05, 4.69) is 60.2 Å². The number of hydrogen-bond acceptors (Lipinski definition) is 5. The van der Waals surface area contributed by atoms with Crippen molar-refractivity contribution >= 4 is 17.0 Å². The van der Waals surface area contributed by atoms with Crippen LogP contribution in [-0.2, 0) is 0 Å². The van der Waals surface area contributed by atoms with Crippen LogP contribution in [-0.4, -0.2) is 35.8 Å². The Kier molecular flexibility index (Phi) is 6.17. The minimum Gasteiger partial charge on any atom is -0.478 e. The topological polar surface area (TPSA) is 93.8 Å².